The topological polar surface area (TPSA) is 96.4 Å². The van der Waals surface area contributed by atoms with E-state index in [0.29, 0.717) is 11.3 Å². The summed E-state index contributed by atoms with van der Waals surface area (Å²) in [7, 11) is 1.54. The monoisotopic (exact) mass is 223 g/mol. The third-order valence-electron chi connectivity index (χ3n) is 1.80. The molecule has 0 amide bonds. The van der Waals surface area contributed by atoms with E-state index in [4.69, 9.17) is 0 Å². The van der Waals surface area contributed by atoms with Crippen molar-refractivity contribution in [3.05, 3.63) is 33.2 Å². The lowest BCUT2D eigenvalue weighted by Gasteiger charge is -1.97. The molecule has 2 N–H and O–H groups in total. The standard InChI is InChI=1S/C7H7N5O2.C2H6/c1-12-3-4(5-2-8-11-10-5)6(13)9-7(12)14;1-2/h2-3H,1H3,(H,8,10,11)(H,9,13,14);1-2H3. The van der Waals surface area contributed by atoms with E-state index in [1.165, 1.54) is 17.0 Å². The summed E-state index contributed by atoms with van der Waals surface area (Å²) in [6.07, 6.45) is 2.83. The van der Waals surface area contributed by atoms with Gasteiger partial charge in [0.05, 0.1) is 11.8 Å². The van der Waals surface area contributed by atoms with E-state index >= 15 is 0 Å². The van der Waals surface area contributed by atoms with Gasteiger partial charge in [-0.2, -0.15) is 15.4 Å². The van der Waals surface area contributed by atoms with Crippen molar-refractivity contribution in [2.45, 2.75) is 13.8 Å². The van der Waals surface area contributed by atoms with Crippen LogP contribution in [0.4, 0.5) is 0 Å². The van der Waals surface area contributed by atoms with E-state index in [-0.39, 0.29) is 0 Å². The number of hydrogen-bond acceptors (Lipinski definition) is 4. The van der Waals surface area contributed by atoms with Crippen molar-refractivity contribution in [1.29, 1.82) is 0 Å². The lowest BCUT2D eigenvalue weighted by molar-refractivity contribution is 0.801. The number of rotatable bonds is 1. The molecular formula is C9H13N5O2. The summed E-state index contributed by atoms with van der Waals surface area (Å²) in [5.74, 6) is 0. The molecule has 16 heavy (non-hydrogen) atoms. The molecule has 0 aliphatic rings. The molecule has 0 bridgehead atoms. The van der Waals surface area contributed by atoms with Gasteiger partial charge in [-0.25, -0.2) is 4.79 Å². The van der Waals surface area contributed by atoms with Crippen molar-refractivity contribution in [2.24, 2.45) is 7.05 Å². The van der Waals surface area contributed by atoms with Crippen molar-refractivity contribution in [3.63, 3.8) is 0 Å². The van der Waals surface area contributed by atoms with Gasteiger partial charge in [0, 0.05) is 13.2 Å². The molecule has 0 aromatic carbocycles. The summed E-state index contributed by atoms with van der Waals surface area (Å²) in [5.41, 5.74) is -0.216. The number of hydrogen-bond donors (Lipinski definition) is 2. The molecule has 0 saturated carbocycles. The van der Waals surface area contributed by atoms with Crippen LogP contribution in [0, 0.1) is 0 Å². The van der Waals surface area contributed by atoms with Crippen LogP contribution in [0.5, 0.6) is 0 Å². The van der Waals surface area contributed by atoms with Gasteiger partial charge in [0.15, 0.2) is 0 Å². The Kier molecular flexibility index (Phi) is 3.76. The van der Waals surface area contributed by atoms with E-state index in [2.05, 4.69) is 20.4 Å². The Morgan fingerprint density at radius 1 is 1.31 bits per heavy atom. The van der Waals surface area contributed by atoms with Crippen LogP contribution in [0.1, 0.15) is 13.8 Å². The van der Waals surface area contributed by atoms with Gasteiger partial charge in [0.2, 0.25) is 0 Å². The molecule has 0 saturated heterocycles. The van der Waals surface area contributed by atoms with Crippen molar-refractivity contribution < 1.29 is 0 Å². The zero-order valence-corrected chi connectivity index (χ0v) is 9.31. The SMILES string of the molecule is CC.Cn1cc(-c2cn[nH]n2)c(=O)[nH]c1=O. The van der Waals surface area contributed by atoms with Gasteiger partial charge >= 0.3 is 5.69 Å². The summed E-state index contributed by atoms with van der Waals surface area (Å²) in [5, 5.41) is 9.71. The normalized spacial score (nSPS) is 9.44. The van der Waals surface area contributed by atoms with Crippen LogP contribution >= 0.6 is 0 Å². The smallest absolute Gasteiger partial charge is 0.303 e. The number of aromatic nitrogens is 5. The Morgan fingerprint density at radius 2 is 2.00 bits per heavy atom. The van der Waals surface area contributed by atoms with Gasteiger partial charge in [-0.3, -0.25) is 9.78 Å². The van der Waals surface area contributed by atoms with Crippen LogP contribution in [0.15, 0.2) is 22.0 Å². The maximum absolute atomic E-state index is 11.3. The quantitative estimate of drug-likeness (QED) is 0.704. The minimum absolute atomic E-state index is 0.306. The Hall–Kier alpha value is -2.18. The first-order valence-electron chi connectivity index (χ1n) is 4.84. The first-order valence-corrected chi connectivity index (χ1v) is 4.84. The summed E-state index contributed by atoms with van der Waals surface area (Å²) >= 11 is 0. The maximum atomic E-state index is 11.3. The molecule has 0 fully saturated rings. The molecule has 7 heteroatoms. The second-order valence-electron chi connectivity index (χ2n) is 2.77. The van der Waals surface area contributed by atoms with Crippen LogP contribution < -0.4 is 11.2 Å². The van der Waals surface area contributed by atoms with Crippen LogP contribution in [0.25, 0.3) is 11.3 Å². The van der Waals surface area contributed by atoms with Crippen LogP contribution in [-0.4, -0.2) is 25.0 Å². The van der Waals surface area contributed by atoms with E-state index in [9.17, 15) is 9.59 Å². The summed E-state index contributed by atoms with van der Waals surface area (Å²) in [6.45, 7) is 4.00. The predicted molar refractivity (Wildman–Crippen MR) is 59.0 cm³/mol. The first-order chi connectivity index (χ1) is 7.68. The van der Waals surface area contributed by atoms with Gasteiger partial charge < -0.3 is 4.57 Å². The van der Waals surface area contributed by atoms with Crippen molar-refractivity contribution >= 4 is 0 Å². The highest BCUT2D eigenvalue weighted by Crippen LogP contribution is 2.06. The number of nitrogens with one attached hydrogen (secondary N) is 2. The van der Waals surface area contributed by atoms with Gasteiger partial charge in [0.1, 0.15) is 5.69 Å². The number of aryl methyl sites for hydroxylation is 1. The van der Waals surface area contributed by atoms with Crippen molar-refractivity contribution in [3.8, 4) is 11.3 Å². The molecule has 0 unspecified atom stereocenters. The summed E-state index contributed by atoms with van der Waals surface area (Å²) < 4.78 is 1.27. The number of nitrogens with zero attached hydrogens (tertiary/aromatic N) is 3. The molecule has 0 aliphatic carbocycles. The molecule has 0 atom stereocenters. The van der Waals surface area contributed by atoms with Gasteiger partial charge in [0.25, 0.3) is 5.56 Å². The fraction of sp³-hybridized carbons (Fsp3) is 0.333. The third-order valence-corrected chi connectivity index (χ3v) is 1.80. The average molecular weight is 223 g/mol. The molecule has 0 radical (unpaired) electrons. The lowest BCUT2D eigenvalue weighted by atomic mass is 10.2. The van der Waals surface area contributed by atoms with E-state index < -0.39 is 11.2 Å². The van der Waals surface area contributed by atoms with Gasteiger partial charge in [-0.15, -0.1) is 0 Å². The van der Waals surface area contributed by atoms with Gasteiger partial charge in [-0.1, -0.05) is 13.8 Å². The Balaban J connectivity index is 0.000000606. The number of aromatic amines is 2. The molecule has 86 valence electrons. The molecule has 0 aliphatic heterocycles. The molecule has 2 rings (SSSR count). The lowest BCUT2D eigenvalue weighted by Crippen LogP contribution is -2.28. The number of H-pyrrole nitrogens is 2. The van der Waals surface area contributed by atoms with Crippen molar-refractivity contribution in [2.75, 3.05) is 0 Å². The van der Waals surface area contributed by atoms with E-state index in [1.807, 2.05) is 13.8 Å². The summed E-state index contributed by atoms with van der Waals surface area (Å²) in [6, 6.07) is 0. The first kappa shape index (κ1) is 11.9. The van der Waals surface area contributed by atoms with Gasteiger partial charge in [-0.05, 0) is 0 Å². The molecule has 7 nitrogen and oxygen atoms in total. The molecule has 0 spiro atoms. The predicted octanol–water partition coefficient (Wildman–Crippen LogP) is -0.115. The molecule has 2 aromatic heterocycles. The maximum Gasteiger partial charge on any atom is 0.328 e. The van der Waals surface area contributed by atoms with E-state index in [1.54, 1.807) is 7.05 Å². The Bertz CT molecular complexity index is 552. The highest BCUT2D eigenvalue weighted by molar-refractivity contribution is 5.54. The Labute approximate surface area is 91.1 Å². The molecule has 2 aromatic rings. The second kappa shape index (κ2) is 5.06. The zero-order valence-electron chi connectivity index (χ0n) is 9.31. The molecule has 2 heterocycles. The van der Waals surface area contributed by atoms with Crippen LogP contribution in [0.3, 0.4) is 0 Å². The largest absolute Gasteiger partial charge is 0.328 e. The minimum Gasteiger partial charge on any atom is -0.303 e. The molecular weight excluding hydrogens is 210 g/mol. The second-order valence-corrected chi connectivity index (χ2v) is 2.77. The fourth-order valence-corrected chi connectivity index (χ4v) is 1.08. The third kappa shape index (κ3) is 2.25. The highest BCUT2D eigenvalue weighted by Gasteiger charge is 2.07. The fourth-order valence-electron chi connectivity index (χ4n) is 1.08. The highest BCUT2D eigenvalue weighted by atomic mass is 16.2. The van der Waals surface area contributed by atoms with Crippen molar-refractivity contribution in [1.82, 2.24) is 25.0 Å². The summed E-state index contributed by atoms with van der Waals surface area (Å²) in [4.78, 5) is 24.5. The zero-order chi connectivity index (χ0) is 12.1. The van der Waals surface area contributed by atoms with Crippen LogP contribution in [0.2, 0.25) is 0 Å². The van der Waals surface area contributed by atoms with Crippen LogP contribution in [-0.2, 0) is 7.05 Å². The Morgan fingerprint density at radius 3 is 2.56 bits per heavy atom. The minimum atomic E-state index is -0.470. The van der Waals surface area contributed by atoms with E-state index in [0.717, 1.165) is 0 Å². The average Bonchev–Trinajstić information content (AvgIpc) is 2.79.